The fraction of sp³-hybridized carbons (Fsp3) is 0.350. The molecule has 1 saturated heterocycles. The van der Waals surface area contributed by atoms with Gasteiger partial charge in [-0.05, 0) is 30.2 Å². The first-order chi connectivity index (χ1) is 12.6. The summed E-state index contributed by atoms with van der Waals surface area (Å²) in [5, 5.41) is 8.94. The minimum atomic E-state index is -0.0991. The van der Waals surface area contributed by atoms with Crippen LogP contribution in [-0.4, -0.2) is 42.1 Å². The number of aromatic nitrogens is 1. The molecule has 134 valence electrons. The summed E-state index contributed by atoms with van der Waals surface area (Å²) in [5.74, 6) is 1.33. The van der Waals surface area contributed by atoms with Crippen molar-refractivity contribution < 1.29 is 14.3 Å². The van der Waals surface area contributed by atoms with Gasteiger partial charge in [0, 0.05) is 25.2 Å². The number of aryl methyl sites for hydroxylation is 1. The molecule has 1 amide bonds. The molecule has 26 heavy (non-hydrogen) atoms. The number of rotatable bonds is 5. The highest BCUT2D eigenvalue weighted by Crippen LogP contribution is 2.21. The Bertz CT molecular complexity index is 844. The molecule has 0 radical (unpaired) electrons. The quantitative estimate of drug-likeness (QED) is 0.827. The van der Waals surface area contributed by atoms with E-state index in [1.807, 2.05) is 30.0 Å². The lowest BCUT2D eigenvalue weighted by molar-refractivity contribution is -0.129. The van der Waals surface area contributed by atoms with Gasteiger partial charge >= 0.3 is 0 Å². The molecule has 1 aliphatic rings. The van der Waals surface area contributed by atoms with Gasteiger partial charge in [-0.15, -0.1) is 0 Å². The number of carbonyl (C=O) groups excluding carboxylic acids is 1. The summed E-state index contributed by atoms with van der Waals surface area (Å²) in [7, 11) is 1.64. The molecule has 6 heteroatoms. The Hall–Kier alpha value is -3.07. The molecule has 1 aromatic carbocycles. The second kappa shape index (κ2) is 7.87. The summed E-state index contributed by atoms with van der Waals surface area (Å²) in [6.07, 6.45) is 2.57. The zero-order valence-electron chi connectivity index (χ0n) is 14.9. The Morgan fingerprint density at radius 1 is 1.38 bits per heavy atom. The van der Waals surface area contributed by atoms with Gasteiger partial charge in [0.2, 0.25) is 11.8 Å². The number of methoxy groups -OCH3 is 1. The lowest BCUT2D eigenvalue weighted by Crippen LogP contribution is -2.32. The van der Waals surface area contributed by atoms with E-state index in [1.54, 1.807) is 25.4 Å². The third-order valence-corrected chi connectivity index (χ3v) is 4.46. The summed E-state index contributed by atoms with van der Waals surface area (Å²) >= 11 is 0. The van der Waals surface area contributed by atoms with Crippen molar-refractivity contribution in [2.45, 2.75) is 25.9 Å². The monoisotopic (exact) mass is 351 g/mol. The fourth-order valence-corrected chi connectivity index (χ4v) is 3.10. The van der Waals surface area contributed by atoms with E-state index in [-0.39, 0.29) is 12.0 Å². The van der Waals surface area contributed by atoms with Crippen LogP contribution in [0.5, 0.6) is 11.6 Å². The van der Waals surface area contributed by atoms with Crippen LogP contribution in [0.15, 0.2) is 36.5 Å². The van der Waals surface area contributed by atoms with Crippen molar-refractivity contribution in [3.63, 3.8) is 0 Å². The number of likely N-dealkylation sites (tertiary alicyclic amines) is 1. The van der Waals surface area contributed by atoms with Crippen LogP contribution >= 0.6 is 0 Å². The van der Waals surface area contributed by atoms with Crippen molar-refractivity contribution in [2.24, 2.45) is 0 Å². The lowest BCUT2D eigenvalue weighted by Gasteiger charge is -2.17. The second-order valence-corrected chi connectivity index (χ2v) is 6.34. The first kappa shape index (κ1) is 17.7. The van der Waals surface area contributed by atoms with E-state index < -0.39 is 0 Å². The van der Waals surface area contributed by atoms with Gasteiger partial charge < -0.3 is 14.4 Å². The molecule has 3 rings (SSSR count). The second-order valence-electron chi connectivity index (χ2n) is 6.34. The zero-order valence-corrected chi connectivity index (χ0v) is 14.9. The molecule has 1 atom stereocenters. The highest BCUT2D eigenvalue weighted by Gasteiger charge is 2.28. The molecule has 0 N–H and O–H groups in total. The highest BCUT2D eigenvalue weighted by molar-refractivity contribution is 5.79. The van der Waals surface area contributed by atoms with E-state index in [9.17, 15) is 4.79 Å². The zero-order chi connectivity index (χ0) is 18.5. The summed E-state index contributed by atoms with van der Waals surface area (Å²) in [6, 6.07) is 11.1. The average molecular weight is 351 g/mol. The van der Waals surface area contributed by atoms with Crippen LogP contribution in [0.3, 0.4) is 0 Å². The van der Waals surface area contributed by atoms with Crippen LogP contribution in [0, 0.1) is 18.3 Å². The summed E-state index contributed by atoms with van der Waals surface area (Å²) in [6.45, 7) is 3.16. The molecular formula is C20H21N3O3. The third-order valence-electron chi connectivity index (χ3n) is 4.46. The predicted octanol–water partition coefficient (Wildman–Crippen LogP) is 2.49. The van der Waals surface area contributed by atoms with E-state index in [4.69, 9.17) is 14.7 Å². The van der Waals surface area contributed by atoms with E-state index in [0.29, 0.717) is 31.0 Å². The summed E-state index contributed by atoms with van der Waals surface area (Å²) < 4.78 is 11.1. The minimum Gasteiger partial charge on any atom is -0.496 e. The van der Waals surface area contributed by atoms with Crippen LogP contribution in [-0.2, 0) is 11.2 Å². The topological polar surface area (TPSA) is 75.4 Å². The number of carbonyl (C=O) groups is 1. The Labute approximate surface area is 153 Å². The fourth-order valence-electron chi connectivity index (χ4n) is 3.10. The first-order valence-corrected chi connectivity index (χ1v) is 8.53. The molecule has 2 heterocycles. The van der Waals surface area contributed by atoms with Crippen molar-refractivity contribution in [1.82, 2.24) is 9.88 Å². The lowest BCUT2D eigenvalue weighted by atomic mass is 10.1. The van der Waals surface area contributed by atoms with Crippen molar-refractivity contribution in [2.75, 3.05) is 20.2 Å². The standard InChI is InChI=1S/C20H21N3O3/c1-14-9-15(3-4-18(14)25-2)11-20(24)23-8-6-17(13-23)26-19-10-16(12-21)5-7-22-19/h3-5,7,9-10,17H,6,8,11,13H2,1-2H3. The summed E-state index contributed by atoms with van der Waals surface area (Å²) in [4.78, 5) is 18.5. The number of nitrogens with zero attached hydrogens (tertiary/aromatic N) is 3. The van der Waals surface area contributed by atoms with Gasteiger partial charge in [0.15, 0.2) is 0 Å². The number of nitriles is 1. The molecule has 2 aromatic rings. The predicted molar refractivity (Wildman–Crippen MR) is 96.0 cm³/mol. The number of hydrogen-bond donors (Lipinski definition) is 0. The van der Waals surface area contributed by atoms with Gasteiger partial charge in [-0.3, -0.25) is 4.79 Å². The molecule has 1 aromatic heterocycles. The number of pyridine rings is 1. The molecule has 0 saturated carbocycles. The normalized spacial score (nSPS) is 16.2. The smallest absolute Gasteiger partial charge is 0.227 e. The number of ether oxygens (including phenoxy) is 2. The average Bonchev–Trinajstić information content (AvgIpc) is 3.10. The van der Waals surface area contributed by atoms with Crippen LogP contribution in [0.25, 0.3) is 0 Å². The van der Waals surface area contributed by atoms with Gasteiger partial charge in [-0.1, -0.05) is 12.1 Å². The molecular weight excluding hydrogens is 330 g/mol. The molecule has 1 unspecified atom stereocenters. The first-order valence-electron chi connectivity index (χ1n) is 8.53. The maximum absolute atomic E-state index is 12.6. The number of benzene rings is 1. The van der Waals surface area contributed by atoms with Crippen molar-refractivity contribution in [3.8, 4) is 17.7 Å². The Kier molecular flexibility index (Phi) is 5.37. The van der Waals surface area contributed by atoms with Gasteiger partial charge in [0.05, 0.1) is 31.7 Å². The highest BCUT2D eigenvalue weighted by atomic mass is 16.5. The van der Waals surface area contributed by atoms with Crippen LogP contribution in [0.4, 0.5) is 0 Å². The Balaban J connectivity index is 1.57. The third kappa shape index (κ3) is 4.12. The molecule has 0 aliphatic carbocycles. The summed E-state index contributed by atoms with van der Waals surface area (Å²) in [5.41, 5.74) is 2.50. The van der Waals surface area contributed by atoms with E-state index in [2.05, 4.69) is 11.1 Å². The van der Waals surface area contributed by atoms with Crippen molar-refractivity contribution in [3.05, 3.63) is 53.2 Å². The van der Waals surface area contributed by atoms with Gasteiger partial charge in [0.1, 0.15) is 11.9 Å². The van der Waals surface area contributed by atoms with Crippen LogP contribution < -0.4 is 9.47 Å². The van der Waals surface area contributed by atoms with Gasteiger partial charge in [-0.2, -0.15) is 5.26 Å². The maximum atomic E-state index is 12.6. The Morgan fingerprint density at radius 2 is 2.23 bits per heavy atom. The van der Waals surface area contributed by atoms with Crippen LogP contribution in [0.1, 0.15) is 23.1 Å². The van der Waals surface area contributed by atoms with Gasteiger partial charge in [0.25, 0.3) is 0 Å². The van der Waals surface area contributed by atoms with E-state index >= 15 is 0 Å². The largest absolute Gasteiger partial charge is 0.496 e. The number of hydrogen-bond acceptors (Lipinski definition) is 5. The molecule has 0 spiro atoms. The van der Waals surface area contributed by atoms with Crippen molar-refractivity contribution >= 4 is 5.91 Å². The van der Waals surface area contributed by atoms with Crippen LogP contribution in [0.2, 0.25) is 0 Å². The molecule has 0 bridgehead atoms. The minimum absolute atomic E-state index is 0.0828. The molecule has 1 aliphatic heterocycles. The maximum Gasteiger partial charge on any atom is 0.227 e. The SMILES string of the molecule is COc1ccc(CC(=O)N2CCC(Oc3cc(C#N)ccn3)C2)cc1C. The van der Waals surface area contributed by atoms with Gasteiger partial charge in [-0.25, -0.2) is 4.98 Å². The number of amides is 1. The molecule has 1 fully saturated rings. The van der Waals surface area contributed by atoms with E-state index in [1.165, 1.54) is 0 Å². The molecule has 6 nitrogen and oxygen atoms in total. The Morgan fingerprint density at radius 3 is 2.96 bits per heavy atom. The van der Waals surface area contributed by atoms with E-state index in [0.717, 1.165) is 23.3 Å². The van der Waals surface area contributed by atoms with Crippen molar-refractivity contribution in [1.29, 1.82) is 5.26 Å².